The molecule has 1 aromatic carbocycles. The van der Waals surface area contributed by atoms with Crippen LogP contribution in [0.25, 0.3) is 0 Å². The minimum absolute atomic E-state index is 0.0308. The Kier molecular flexibility index (Phi) is 6.96. The lowest BCUT2D eigenvalue weighted by molar-refractivity contribution is -0.114. The average Bonchev–Trinajstić information content (AvgIpc) is 3.47. The first-order chi connectivity index (χ1) is 15.6. The van der Waals surface area contributed by atoms with Crippen LogP contribution >= 0.6 is 11.3 Å². The molecule has 0 spiro atoms. The number of nitrogens with zero attached hydrogens (tertiary/aromatic N) is 2. The number of carbonyl (C=O) groups is 2. The molecule has 1 saturated carbocycles. The van der Waals surface area contributed by atoms with E-state index in [9.17, 15) is 9.59 Å². The fourth-order valence-corrected chi connectivity index (χ4v) is 3.89. The van der Waals surface area contributed by atoms with Crippen LogP contribution in [-0.4, -0.2) is 34.9 Å². The molecule has 0 aliphatic heterocycles. The van der Waals surface area contributed by atoms with E-state index in [0.717, 1.165) is 46.9 Å². The molecule has 4 rings (SSSR count). The van der Waals surface area contributed by atoms with Crippen LogP contribution in [-0.2, 0) is 4.79 Å². The Bertz CT molecular complexity index is 1060. The predicted molar refractivity (Wildman–Crippen MR) is 128 cm³/mol. The van der Waals surface area contributed by atoms with Gasteiger partial charge in [0.1, 0.15) is 5.82 Å². The number of rotatable bonds is 10. The molecular formula is C23H26N6O2S. The molecule has 0 unspecified atom stereocenters. The molecule has 32 heavy (non-hydrogen) atoms. The van der Waals surface area contributed by atoms with Crippen molar-refractivity contribution in [1.29, 1.82) is 0 Å². The first kappa shape index (κ1) is 21.8. The normalized spacial score (nSPS) is 12.8. The van der Waals surface area contributed by atoms with Crippen molar-refractivity contribution in [2.75, 3.05) is 29.0 Å². The number of hydrogen-bond donors (Lipinski definition) is 4. The van der Waals surface area contributed by atoms with Gasteiger partial charge >= 0.3 is 0 Å². The highest BCUT2D eigenvalue weighted by molar-refractivity contribution is 7.12. The van der Waals surface area contributed by atoms with Gasteiger partial charge in [-0.15, -0.1) is 11.3 Å². The van der Waals surface area contributed by atoms with Gasteiger partial charge < -0.3 is 21.3 Å². The van der Waals surface area contributed by atoms with E-state index in [1.807, 2.05) is 48.0 Å². The van der Waals surface area contributed by atoms with Gasteiger partial charge in [-0.1, -0.05) is 6.07 Å². The van der Waals surface area contributed by atoms with E-state index in [-0.39, 0.29) is 11.8 Å². The fraction of sp³-hybridized carbons (Fsp3) is 0.304. The number of nitrogens with one attached hydrogen (secondary N) is 4. The molecular weight excluding hydrogens is 424 g/mol. The van der Waals surface area contributed by atoms with Gasteiger partial charge in [0, 0.05) is 43.1 Å². The van der Waals surface area contributed by atoms with Crippen molar-refractivity contribution in [2.45, 2.75) is 32.1 Å². The molecule has 0 atom stereocenters. The molecule has 9 heteroatoms. The molecule has 1 aliphatic carbocycles. The van der Waals surface area contributed by atoms with E-state index >= 15 is 0 Å². The quantitative estimate of drug-likeness (QED) is 0.342. The fourth-order valence-electron chi connectivity index (χ4n) is 3.25. The van der Waals surface area contributed by atoms with Crippen molar-refractivity contribution in [3.05, 3.63) is 58.4 Å². The van der Waals surface area contributed by atoms with Crippen LogP contribution in [0, 0.1) is 0 Å². The Morgan fingerprint density at radius 3 is 2.56 bits per heavy atom. The third-order valence-electron chi connectivity index (χ3n) is 4.97. The molecule has 0 bridgehead atoms. The largest absolute Gasteiger partial charge is 0.370 e. The Morgan fingerprint density at radius 2 is 1.88 bits per heavy atom. The SMILES string of the molecule is CC(=O)Nc1ccc(Nc2ncc(C3CC3)c(NCCCNC(=O)c3cccs3)n2)cc1. The summed E-state index contributed by atoms with van der Waals surface area (Å²) in [4.78, 5) is 33.1. The molecule has 8 nitrogen and oxygen atoms in total. The van der Waals surface area contributed by atoms with Gasteiger partial charge in [0.15, 0.2) is 0 Å². The molecule has 4 N–H and O–H groups in total. The number of hydrogen-bond acceptors (Lipinski definition) is 7. The van der Waals surface area contributed by atoms with E-state index < -0.39 is 0 Å². The van der Waals surface area contributed by atoms with Crippen molar-refractivity contribution in [2.24, 2.45) is 0 Å². The van der Waals surface area contributed by atoms with Crippen LogP contribution in [0.1, 0.15) is 47.3 Å². The van der Waals surface area contributed by atoms with E-state index in [0.29, 0.717) is 25.0 Å². The van der Waals surface area contributed by atoms with Crippen molar-refractivity contribution in [3.8, 4) is 0 Å². The maximum atomic E-state index is 12.0. The van der Waals surface area contributed by atoms with E-state index in [1.54, 1.807) is 0 Å². The second-order valence-electron chi connectivity index (χ2n) is 7.67. The first-order valence-electron chi connectivity index (χ1n) is 10.7. The third-order valence-corrected chi connectivity index (χ3v) is 5.84. The van der Waals surface area contributed by atoms with Crippen molar-refractivity contribution in [1.82, 2.24) is 15.3 Å². The first-order valence-corrected chi connectivity index (χ1v) is 11.5. The highest BCUT2D eigenvalue weighted by Crippen LogP contribution is 2.42. The summed E-state index contributed by atoms with van der Waals surface area (Å²) in [6.07, 6.45) is 5.00. The zero-order valence-electron chi connectivity index (χ0n) is 17.9. The summed E-state index contributed by atoms with van der Waals surface area (Å²) in [6.45, 7) is 2.78. The Morgan fingerprint density at radius 1 is 1.09 bits per heavy atom. The molecule has 2 aromatic heterocycles. The molecule has 0 saturated heterocycles. The van der Waals surface area contributed by atoms with Crippen molar-refractivity contribution < 1.29 is 9.59 Å². The van der Waals surface area contributed by atoms with Crippen LogP contribution in [0.15, 0.2) is 48.0 Å². The summed E-state index contributed by atoms with van der Waals surface area (Å²) in [6, 6.07) is 11.1. The van der Waals surface area contributed by atoms with Gasteiger partial charge in [-0.05, 0) is 60.9 Å². The number of aromatic nitrogens is 2. The zero-order valence-corrected chi connectivity index (χ0v) is 18.7. The zero-order chi connectivity index (χ0) is 22.3. The minimum Gasteiger partial charge on any atom is -0.370 e. The number of benzene rings is 1. The standard InChI is InChI=1S/C23H26N6O2S/c1-15(30)27-17-7-9-18(10-8-17)28-23-26-14-19(16-5-6-16)21(29-23)24-11-3-12-25-22(31)20-4-2-13-32-20/h2,4,7-10,13-14,16H,3,5-6,11-12H2,1H3,(H,25,31)(H,27,30)(H2,24,26,28,29). The molecule has 1 aliphatic rings. The summed E-state index contributed by atoms with van der Waals surface area (Å²) < 4.78 is 0. The van der Waals surface area contributed by atoms with Crippen LogP contribution in [0.2, 0.25) is 0 Å². The van der Waals surface area contributed by atoms with Gasteiger partial charge in [-0.2, -0.15) is 4.98 Å². The van der Waals surface area contributed by atoms with E-state index in [2.05, 4.69) is 31.2 Å². The lowest BCUT2D eigenvalue weighted by Gasteiger charge is -2.13. The van der Waals surface area contributed by atoms with Crippen LogP contribution < -0.4 is 21.3 Å². The lowest BCUT2D eigenvalue weighted by atomic mass is 10.2. The molecule has 166 valence electrons. The number of amides is 2. The van der Waals surface area contributed by atoms with E-state index in [1.165, 1.54) is 18.3 Å². The Labute approximate surface area is 190 Å². The summed E-state index contributed by atoms with van der Waals surface area (Å²) >= 11 is 1.44. The monoisotopic (exact) mass is 450 g/mol. The topological polar surface area (TPSA) is 108 Å². The minimum atomic E-state index is -0.105. The van der Waals surface area contributed by atoms with Crippen LogP contribution in [0.3, 0.4) is 0 Å². The third kappa shape index (κ3) is 6.04. The van der Waals surface area contributed by atoms with Crippen LogP contribution in [0.5, 0.6) is 0 Å². The van der Waals surface area contributed by atoms with E-state index in [4.69, 9.17) is 0 Å². The summed E-state index contributed by atoms with van der Waals surface area (Å²) in [7, 11) is 0. The van der Waals surface area contributed by atoms with Gasteiger partial charge in [-0.3, -0.25) is 9.59 Å². The molecule has 0 radical (unpaired) electrons. The molecule has 2 amide bonds. The summed E-state index contributed by atoms with van der Waals surface area (Å²) in [5.41, 5.74) is 2.71. The molecule has 3 aromatic rings. The van der Waals surface area contributed by atoms with Crippen LogP contribution in [0.4, 0.5) is 23.1 Å². The second kappa shape index (κ2) is 10.2. The average molecular weight is 451 g/mol. The molecule has 1 fully saturated rings. The van der Waals surface area contributed by atoms with Crippen molar-refractivity contribution >= 4 is 46.3 Å². The van der Waals surface area contributed by atoms with Crippen molar-refractivity contribution in [3.63, 3.8) is 0 Å². The Hall–Kier alpha value is -3.46. The van der Waals surface area contributed by atoms with Gasteiger partial charge in [0.25, 0.3) is 5.91 Å². The highest BCUT2D eigenvalue weighted by Gasteiger charge is 2.27. The smallest absolute Gasteiger partial charge is 0.261 e. The lowest BCUT2D eigenvalue weighted by Crippen LogP contribution is -2.25. The Balaban J connectivity index is 1.32. The van der Waals surface area contributed by atoms with Gasteiger partial charge in [-0.25, -0.2) is 4.98 Å². The predicted octanol–water partition coefficient (Wildman–Crippen LogP) is 4.35. The van der Waals surface area contributed by atoms with Gasteiger partial charge in [0.05, 0.1) is 4.88 Å². The second-order valence-corrected chi connectivity index (χ2v) is 8.62. The summed E-state index contributed by atoms with van der Waals surface area (Å²) in [5.74, 6) is 1.73. The highest BCUT2D eigenvalue weighted by atomic mass is 32.1. The number of anilines is 4. The number of carbonyl (C=O) groups excluding carboxylic acids is 2. The van der Waals surface area contributed by atoms with Gasteiger partial charge in [0.2, 0.25) is 11.9 Å². The summed E-state index contributed by atoms with van der Waals surface area (Å²) in [5, 5.41) is 14.2. The maximum Gasteiger partial charge on any atom is 0.261 e. The maximum absolute atomic E-state index is 12.0. The number of thiophene rings is 1. The molecule has 2 heterocycles.